The van der Waals surface area contributed by atoms with E-state index in [4.69, 9.17) is 5.73 Å². The third-order valence-electron chi connectivity index (χ3n) is 3.20. The van der Waals surface area contributed by atoms with E-state index in [1.807, 2.05) is 4.90 Å². The zero-order chi connectivity index (χ0) is 11.7. The number of anilines is 2. The topological polar surface area (TPSA) is 29.3 Å². The highest BCUT2D eigenvalue weighted by molar-refractivity contribution is 5.68. The Bertz CT molecular complexity index is 385. The van der Waals surface area contributed by atoms with Crippen LogP contribution in [0.3, 0.4) is 0 Å². The maximum absolute atomic E-state index is 13.3. The number of nitrogen functional groups attached to an aromatic ring is 1. The van der Waals surface area contributed by atoms with E-state index in [2.05, 4.69) is 6.92 Å². The molecule has 1 fully saturated rings. The molecular formula is C12H16F2N2. The van der Waals surface area contributed by atoms with Crippen molar-refractivity contribution in [2.45, 2.75) is 19.8 Å². The van der Waals surface area contributed by atoms with Crippen molar-refractivity contribution < 1.29 is 8.78 Å². The Balaban J connectivity index is 2.26. The molecule has 0 aliphatic carbocycles. The van der Waals surface area contributed by atoms with Crippen LogP contribution in [0.15, 0.2) is 12.1 Å². The van der Waals surface area contributed by atoms with E-state index >= 15 is 0 Å². The lowest BCUT2D eigenvalue weighted by Crippen LogP contribution is -2.33. The molecule has 0 saturated carbocycles. The van der Waals surface area contributed by atoms with Gasteiger partial charge in [-0.3, -0.25) is 0 Å². The molecule has 1 heterocycles. The molecule has 1 aliphatic rings. The molecule has 1 aromatic carbocycles. The monoisotopic (exact) mass is 226 g/mol. The van der Waals surface area contributed by atoms with Crippen LogP contribution in [0.4, 0.5) is 20.2 Å². The van der Waals surface area contributed by atoms with E-state index in [-0.39, 0.29) is 5.69 Å². The molecule has 0 atom stereocenters. The van der Waals surface area contributed by atoms with Crippen LogP contribution in [-0.4, -0.2) is 13.1 Å². The predicted molar refractivity (Wildman–Crippen MR) is 61.4 cm³/mol. The number of piperidine rings is 1. The largest absolute Gasteiger partial charge is 0.395 e. The quantitative estimate of drug-likeness (QED) is 0.746. The molecule has 1 aliphatic heterocycles. The van der Waals surface area contributed by atoms with Crippen LogP contribution in [0.25, 0.3) is 0 Å². The summed E-state index contributed by atoms with van der Waals surface area (Å²) in [5.41, 5.74) is 6.18. The first-order valence-corrected chi connectivity index (χ1v) is 5.57. The third kappa shape index (κ3) is 2.10. The highest BCUT2D eigenvalue weighted by Crippen LogP contribution is 2.30. The van der Waals surface area contributed by atoms with E-state index in [0.717, 1.165) is 32.0 Å². The molecule has 16 heavy (non-hydrogen) atoms. The number of nitrogens with two attached hydrogens (primary N) is 1. The predicted octanol–water partition coefficient (Wildman–Crippen LogP) is 2.78. The number of rotatable bonds is 1. The molecule has 88 valence electrons. The molecule has 4 heteroatoms. The molecule has 0 amide bonds. The van der Waals surface area contributed by atoms with E-state index < -0.39 is 11.6 Å². The number of hydrogen-bond donors (Lipinski definition) is 1. The van der Waals surface area contributed by atoms with Gasteiger partial charge in [-0.1, -0.05) is 6.92 Å². The average molecular weight is 226 g/mol. The third-order valence-corrected chi connectivity index (χ3v) is 3.20. The Hall–Kier alpha value is -1.32. The first-order valence-electron chi connectivity index (χ1n) is 5.57. The second-order valence-electron chi connectivity index (χ2n) is 4.49. The molecule has 2 N–H and O–H groups in total. The fourth-order valence-corrected chi connectivity index (χ4v) is 2.08. The maximum atomic E-state index is 13.3. The lowest BCUT2D eigenvalue weighted by atomic mass is 9.98. The summed E-state index contributed by atoms with van der Waals surface area (Å²) in [6.07, 6.45) is 2.08. The van der Waals surface area contributed by atoms with Gasteiger partial charge in [0.2, 0.25) is 0 Å². The zero-order valence-corrected chi connectivity index (χ0v) is 9.34. The van der Waals surface area contributed by atoms with Crippen LogP contribution < -0.4 is 10.6 Å². The number of hydrogen-bond acceptors (Lipinski definition) is 2. The lowest BCUT2D eigenvalue weighted by Gasteiger charge is -2.32. The smallest absolute Gasteiger partial charge is 0.151 e. The second-order valence-corrected chi connectivity index (χ2v) is 4.49. The summed E-state index contributed by atoms with van der Waals surface area (Å²) in [5, 5.41) is 0. The van der Waals surface area contributed by atoms with E-state index in [1.54, 1.807) is 0 Å². The standard InChI is InChI=1S/C12H16F2N2/c1-8-2-4-16(5-3-8)11-7-9(13)6-10(14)12(11)15/h6-8H,2-5,15H2,1H3. The van der Waals surface area contributed by atoms with Crippen LogP contribution in [0, 0.1) is 17.6 Å². The first-order chi connectivity index (χ1) is 7.58. The Labute approximate surface area is 94.0 Å². The van der Waals surface area contributed by atoms with Gasteiger partial charge in [-0.15, -0.1) is 0 Å². The number of nitrogens with zero attached hydrogens (tertiary/aromatic N) is 1. The van der Waals surface area contributed by atoms with Gasteiger partial charge in [0.15, 0.2) is 5.82 Å². The minimum atomic E-state index is -0.673. The molecule has 0 bridgehead atoms. The summed E-state index contributed by atoms with van der Waals surface area (Å²) in [5.74, 6) is -0.565. The summed E-state index contributed by atoms with van der Waals surface area (Å²) >= 11 is 0. The molecular weight excluding hydrogens is 210 g/mol. The molecule has 0 radical (unpaired) electrons. The zero-order valence-electron chi connectivity index (χ0n) is 9.34. The Kier molecular flexibility index (Phi) is 2.99. The van der Waals surface area contributed by atoms with Crippen LogP contribution in [0.5, 0.6) is 0 Å². The minimum absolute atomic E-state index is 0.0518. The van der Waals surface area contributed by atoms with Crippen LogP contribution in [-0.2, 0) is 0 Å². The summed E-state index contributed by atoms with van der Waals surface area (Å²) in [6.45, 7) is 3.81. The second kappa shape index (κ2) is 4.28. The molecule has 1 aromatic rings. The number of halogens is 2. The van der Waals surface area contributed by atoms with Gasteiger partial charge in [0.05, 0.1) is 11.4 Å². The van der Waals surface area contributed by atoms with Crippen LogP contribution in [0.2, 0.25) is 0 Å². The summed E-state index contributed by atoms with van der Waals surface area (Å²) < 4.78 is 26.4. The van der Waals surface area contributed by atoms with Gasteiger partial charge in [-0.2, -0.15) is 0 Å². The highest BCUT2D eigenvalue weighted by Gasteiger charge is 2.19. The van der Waals surface area contributed by atoms with Gasteiger partial charge in [0.1, 0.15) is 5.82 Å². The summed E-state index contributed by atoms with van der Waals surface area (Å²) in [6, 6.07) is 2.14. The lowest BCUT2D eigenvalue weighted by molar-refractivity contribution is 0.438. The van der Waals surface area contributed by atoms with Crippen LogP contribution in [0.1, 0.15) is 19.8 Å². The molecule has 0 aromatic heterocycles. The van der Waals surface area contributed by atoms with Crippen LogP contribution >= 0.6 is 0 Å². The van der Waals surface area contributed by atoms with Crippen molar-refractivity contribution in [3.63, 3.8) is 0 Å². The van der Waals surface area contributed by atoms with E-state index in [1.165, 1.54) is 6.07 Å². The summed E-state index contributed by atoms with van der Waals surface area (Å²) in [7, 11) is 0. The maximum Gasteiger partial charge on any atom is 0.151 e. The van der Waals surface area contributed by atoms with Gasteiger partial charge in [-0.05, 0) is 24.8 Å². The van der Waals surface area contributed by atoms with Crippen molar-refractivity contribution in [2.75, 3.05) is 23.7 Å². The average Bonchev–Trinajstić information content (AvgIpc) is 2.25. The van der Waals surface area contributed by atoms with E-state index in [9.17, 15) is 8.78 Å². The molecule has 2 nitrogen and oxygen atoms in total. The summed E-state index contributed by atoms with van der Waals surface area (Å²) in [4.78, 5) is 1.96. The Morgan fingerprint density at radius 2 is 1.88 bits per heavy atom. The van der Waals surface area contributed by atoms with Crippen molar-refractivity contribution in [2.24, 2.45) is 5.92 Å². The van der Waals surface area contributed by atoms with Gasteiger partial charge >= 0.3 is 0 Å². The SMILES string of the molecule is CC1CCN(c2cc(F)cc(F)c2N)CC1. The molecule has 1 saturated heterocycles. The van der Waals surface area contributed by atoms with Crippen molar-refractivity contribution >= 4 is 11.4 Å². The fourth-order valence-electron chi connectivity index (χ4n) is 2.08. The van der Waals surface area contributed by atoms with Crippen molar-refractivity contribution in [3.8, 4) is 0 Å². The fraction of sp³-hybridized carbons (Fsp3) is 0.500. The molecule has 0 spiro atoms. The molecule has 2 rings (SSSR count). The number of benzene rings is 1. The Morgan fingerprint density at radius 1 is 1.25 bits per heavy atom. The first kappa shape index (κ1) is 11.2. The normalized spacial score (nSPS) is 17.8. The highest BCUT2D eigenvalue weighted by atomic mass is 19.1. The van der Waals surface area contributed by atoms with Crippen molar-refractivity contribution in [1.29, 1.82) is 0 Å². The van der Waals surface area contributed by atoms with Gasteiger partial charge < -0.3 is 10.6 Å². The van der Waals surface area contributed by atoms with Gasteiger partial charge in [-0.25, -0.2) is 8.78 Å². The van der Waals surface area contributed by atoms with Gasteiger partial charge in [0.25, 0.3) is 0 Å². The molecule has 0 unspecified atom stereocenters. The van der Waals surface area contributed by atoms with E-state index in [0.29, 0.717) is 11.6 Å². The van der Waals surface area contributed by atoms with Gasteiger partial charge in [0, 0.05) is 19.2 Å². The van der Waals surface area contributed by atoms with Crippen molar-refractivity contribution in [1.82, 2.24) is 0 Å². The Morgan fingerprint density at radius 3 is 2.50 bits per heavy atom. The van der Waals surface area contributed by atoms with Crippen molar-refractivity contribution in [3.05, 3.63) is 23.8 Å². The minimum Gasteiger partial charge on any atom is -0.395 e.